The summed E-state index contributed by atoms with van der Waals surface area (Å²) in [4.78, 5) is 33.3. The maximum atomic E-state index is 14.6. The van der Waals surface area contributed by atoms with Crippen LogP contribution in [0.4, 0.5) is 19.3 Å². The average Bonchev–Trinajstić information content (AvgIpc) is 3.22. The van der Waals surface area contributed by atoms with Gasteiger partial charge in [0.1, 0.15) is 17.7 Å². The molecule has 0 saturated carbocycles. The first-order chi connectivity index (χ1) is 14.5. The Hall–Kier alpha value is -3.75. The Balaban J connectivity index is 1.63. The molecule has 3 aromatic rings. The van der Waals surface area contributed by atoms with E-state index >= 15 is 0 Å². The van der Waals surface area contributed by atoms with Crippen LogP contribution in [0.3, 0.4) is 0 Å². The first-order valence-corrected chi connectivity index (χ1v) is 9.21. The number of hydrogen-bond acceptors (Lipinski definition) is 4. The Morgan fingerprint density at radius 2 is 1.97 bits per heavy atom. The largest absolute Gasteiger partial charge is 0.465 e. The number of nitrogens with one attached hydrogen (secondary N) is 2. The van der Waals surface area contributed by atoms with Crippen LogP contribution in [0.15, 0.2) is 48.8 Å². The molecule has 0 saturated heterocycles. The number of hydrogen-bond donors (Lipinski definition) is 2. The van der Waals surface area contributed by atoms with E-state index in [1.165, 1.54) is 36.5 Å². The van der Waals surface area contributed by atoms with Gasteiger partial charge < -0.3 is 19.9 Å². The highest BCUT2D eigenvalue weighted by Gasteiger charge is 2.35. The normalized spacial score (nSPS) is 15.4. The van der Waals surface area contributed by atoms with Crippen molar-refractivity contribution in [1.82, 2.24) is 14.9 Å². The smallest absolute Gasteiger partial charge is 0.337 e. The van der Waals surface area contributed by atoms with Gasteiger partial charge in [-0.15, -0.1) is 0 Å². The van der Waals surface area contributed by atoms with Gasteiger partial charge in [0.25, 0.3) is 0 Å². The fourth-order valence-electron chi connectivity index (χ4n) is 3.54. The molecule has 1 aliphatic heterocycles. The number of urea groups is 1. The monoisotopic (exact) mass is 412 g/mol. The number of methoxy groups -OCH3 is 1. The molecule has 4 rings (SSSR count). The van der Waals surface area contributed by atoms with Crippen molar-refractivity contribution in [3.8, 4) is 0 Å². The molecule has 2 heterocycles. The number of fused-ring (bicyclic) bond motifs is 1. The van der Waals surface area contributed by atoms with E-state index in [1.54, 1.807) is 12.1 Å². The van der Waals surface area contributed by atoms with Gasteiger partial charge in [0, 0.05) is 36.0 Å². The SMILES string of the molecule is COC(=O)c1ccc(NC(=O)N2CCc3[nH]cnc3[C@H]2c2ccc(F)cc2F)cc1. The molecule has 2 N–H and O–H groups in total. The van der Waals surface area contributed by atoms with Crippen molar-refractivity contribution < 1.29 is 23.1 Å². The number of amides is 2. The Kier molecular flexibility index (Phi) is 5.18. The third-order valence-corrected chi connectivity index (χ3v) is 5.00. The summed E-state index contributed by atoms with van der Waals surface area (Å²) in [7, 11) is 1.28. The number of imidazole rings is 1. The minimum Gasteiger partial charge on any atom is -0.465 e. The Bertz CT molecular complexity index is 1100. The number of benzene rings is 2. The van der Waals surface area contributed by atoms with Crippen LogP contribution in [0.2, 0.25) is 0 Å². The third-order valence-electron chi connectivity index (χ3n) is 5.00. The number of carbonyl (C=O) groups is 2. The molecule has 1 aromatic heterocycles. The van der Waals surface area contributed by atoms with Crippen LogP contribution < -0.4 is 5.32 Å². The van der Waals surface area contributed by atoms with Crippen LogP contribution in [0.1, 0.15) is 33.4 Å². The van der Waals surface area contributed by atoms with E-state index in [9.17, 15) is 18.4 Å². The molecule has 1 aliphatic rings. The molecule has 0 spiro atoms. The van der Waals surface area contributed by atoms with Crippen molar-refractivity contribution in [1.29, 1.82) is 0 Å². The minimum atomic E-state index is -0.810. The van der Waals surface area contributed by atoms with E-state index < -0.39 is 29.7 Å². The Labute approximate surface area is 170 Å². The zero-order chi connectivity index (χ0) is 21.3. The van der Waals surface area contributed by atoms with E-state index in [2.05, 4.69) is 20.0 Å². The number of aromatic amines is 1. The summed E-state index contributed by atoms with van der Waals surface area (Å²) < 4.78 is 32.6. The van der Waals surface area contributed by atoms with Crippen molar-refractivity contribution in [3.63, 3.8) is 0 Å². The van der Waals surface area contributed by atoms with Crippen LogP contribution in [-0.2, 0) is 11.2 Å². The van der Waals surface area contributed by atoms with Crippen molar-refractivity contribution in [2.45, 2.75) is 12.5 Å². The summed E-state index contributed by atoms with van der Waals surface area (Å²) in [6.07, 6.45) is 2.01. The number of nitrogens with zero attached hydrogens (tertiary/aromatic N) is 2. The molecule has 2 aromatic carbocycles. The summed E-state index contributed by atoms with van der Waals surface area (Å²) in [5.74, 6) is -1.94. The van der Waals surface area contributed by atoms with Gasteiger partial charge in [-0.2, -0.15) is 0 Å². The average molecular weight is 412 g/mol. The molecule has 0 unspecified atom stereocenters. The van der Waals surface area contributed by atoms with E-state index in [0.29, 0.717) is 29.9 Å². The highest BCUT2D eigenvalue weighted by Crippen LogP contribution is 2.35. The molecule has 0 radical (unpaired) electrons. The first kappa shape index (κ1) is 19.6. The summed E-state index contributed by atoms with van der Waals surface area (Å²) >= 11 is 0. The highest BCUT2D eigenvalue weighted by molar-refractivity contribution is 5.92. The zero-order valence-corrected chi connectivity index (χ0v) is 16.0. The maximum Gasteiger partial charge on any atom is 0.337 e. The van der Waals surface area contributed by atoms with E-state index in [-0.39, 0.29) is 5.56 Å². The molecular formula is C21H18F2N4O3. The van der Waals surface area contributed by atoms with Crippen molar-refractivity contribution in [3.05, 3.63) is 82.9 Å². The summed E-state index contributed by atoms with van der Waals surface area (Å²) in [5.41, 5.74) is 2.28. The van der Waals surface area contributed by atoms with Gasteiger partial charge in [-0.1, -0.05) is 6.07 Å². The lowest BCUT2D eigenvalue weighted by atomic mass is 9.95. The van der Waals surface area contributed by atoms with Crippen LogP contribution >= 0.6 is 0 Å². The van der Waals surface area contributed by atoms with Crippen LogP contribution in [0.5, 0.6) is 0 Å². The van der Waals surface area contributed by atoms with Crippen LogP contribution in [0.25, 0.3) is 0 Å². The third kappa shape index (κ3) is 3.61. The molecule has 0 fully saturated rings. The van der Waals surface area contributed by atoms with Gasteiger partial charge in [-0.3, -0.25) is 0 Å². The second kappa shape index (κ2) is 7.94. The summed E-state index contributed by atoms with van der Waals surface area (Å²) in [5, 5.41) is 2.75. The molecule has 0 bridgehead atoms. The molecule has 2 amide bonds. The molecular weight excluding hydrogens is 394 g/mol. The van der Waals surface area contributed by atoms with Gasteiger partial charge in [-0.25, -0.2) is 23.4 Å². The molecule has 1 atom stereocenters. The molecule has 154 valence electrons. The molecule has 0 aliphatic carbocycles. The van der Waals surface area contributed by atoms with Crippen LogP contribution in [-0.4, -0.2) is 40.5 Å². The number of ether oxygens (including phenoxy) is 1. The summed E-state index contributed by atoms with van der Waals surface area (Å²) in [6, 6.07) is 8.19. The number of H-pyrrole nitrogens is 1. The predicted octanol–water partition coefficient (Wildman–Crippen LogP) is 3.65. The van der Waals surface area contributed by atoms with E-state index in [0.717, 1.165) is 17.8 Å². The minimum absolute atomic E-state index is 0.153. The van der Waals surface area contributed by atoms with Crippen LogP contribution in [0, 0.1) is 11.6 Å². The number of rotatable bonds is 3. The highest BCUT2D eigenvalue weighted by atomic mass is 19.1. The first-order valence-electron chi connectivity index (χ1n) is 9.21. The maximum absolute atomic E-state index is 14.6. The van der Waals surface area contributed by atoms with Gasteiger partial charge in [0.2, 0.25) is 0 Å². The number of esters is 1. The lowest BCUT2D eigenvalue weighted by Gasteiger charge is -2.35. The lowest BCUT2D eigenvalue weighted by Crippen LogP contribution is -2.43. The summed E-state index contributed by atoms with van der Waals surface area (Å²) in [6.45, 7) is 0.308. The number of carbonyl (C=O) groups excluding carboxylic acids is 2. The zero-order valence-electron chi connectivity index (χ0n) is 16.0. The fraction of sp³-hybridized carbons (Fsp3) is 0.190. The van der Waals surface area contributed by atoms with Crippen molar-refractivity contribution in [2.24, 2.45) is 0 Å². The number of halogens is 2. The van der Waals surface area contributed by atoms with Crippen molar-refractivity contribution >= 4 is 17.7 Å². The van der Waals surface area contributed by atoms with Gasteiger partial charge in [0.05, 0.1) is 24.7 Å². The molecule has 9 heteroatoms. The lowest BCUT2D eigenvalue weighted by molar-refractivity contribution is 0.0600. The van der Waals surface area contributed by atoms with E-state index in [4.69, 9.17) is 0 Å². The standard InChI is InChI=1S/C21H18F2N4O3/c1-30-20(28)12-2-5-14(6-3-12)26-21(29)27-9-8-17-18(25-11-24-17)19(27)15-7-4-13(22)10-16(15)23/h2-7,10-11,19H,8-9H2,1H3,(H,24,25)(H,26,29)/t19-/m1/s1. The predicted molar refractivity (Wildman–Crippen MR) is 104 cm³/mol. The number of anilines is 1. The Morgan fingerprint density at radius 3 is 2.67 bits per heavy atom. The van der Waals surface area contributed by atoms with Gasteiger partial charge in [-0.05, 0) is 30.3 Å². The quantitative estimate of drug-likeness (QED) is 0.643. The fourth-order valence-corrected chi connectivity index (χ4v) is 3.54. The topological polar surface area (TPSA) is 87.3 Å². The number of aromatic nitrogens is 2. The van der Waals surface area contributed by atoms with E-state index in [1.807, 2.05) is 0 Å². The Morgan fingerprint density at radius 1 is 1.20 bits per heavy atom. The second-order valence-electron chi connectivity index (χ2n) is 6.78. The molecule has 7 nitrogen and oxygen atoms in total. The van der Waals surface area contributed by atoms with Gasteiger partial charge in [0.15, 0.2) is 0 Å². The molecule has 30 heavy (non-hydrogen) atoms. The van der Waals surface area contributed by atoms with Gasteiger partial charge >= 0.3 is 12.0 Å². The second-order valence-corrected chi connectivity index (χ2v) is 6.78. The van der Waals surface area contributed by atoms with Crippen molar-refractivity contribution in [2.75, 3.05) is 19.0 Å².